The third kappa shape index (κ3) is 5.99. The highest BCUT2D eigenvalue weighted by atomic mass is 35.5. The van der Waals surface area contributed by atoms with Crippen LogP contribution in [-0.4, -0.2) is 48.3 Å². The van der Waals surface area contributed by atoms with Crippen molar-refractivity contribution in [3.8, 4) is 11.5 Å². The highest BCUT2D eigenvalue weighted by molar-refractivity contribution is 6.33. The summed E-state index contributed by atoms with van der Waals surface area (Å²) in [6.45, 7) is -0.620. The van der Waals surface area contributed by atoms with E-state index in [1.54, 1.807) is 14.2 Å². The summed E-state index contributed by atoms with van der Waals surface area (Å²) in [7, 11) is 3.20. The third-order valence-electron chi connectivity index (χ3n) is 7.38. The third-order valence-corrected chi connectivity index (χ3v) is 7.71. The van der Waals surface area contributed by atoms with Crippen LogP contribution in [0.15, 0.2) is 77.4 Å². The lowest BCUT2D eigenvalue weighted by molar-refractivity contribution is -0.384. The molecule has 216 valence electrons. The van der Waals surface area contributed by atoms with Crippen molar-refractivity contribution >= 4 is 41.0 Å². The molecule has 0 N–H and O–H groups in total. The van der Waals surface area contributed by atoms with Gasteiger partial charge in [-0.3, -0.25) is 14.9 Å². The van der Waals surface area contributed by atoms with Crippen molar-refractivity contribution in [2.24, 2.45) is 11.0 Å². The number of non-ortho nitro benzene ring substituents is 1. The van der Waals surface area contributed by atoms with Crippen molar-refractivity contribution in [3.63, 3.8) is 0 Å². The summed E-state index contributed by atoms with van der Waals surface area (Å²) in [5, 5.41) is 17.3. The fraction of sp³-hybridized carbons (Fsp3) is 0.258. The molecule has 1 amide bonds. The number of hydrazone groups is 1. The molecule has 1 fully saturated rings. The monoisotopic (exact) mass is 589 g/mol. The van der Waals surface area contributed by atoms with Crippen LogP contribution in [0.2, 0.25) is 5.02 Å². The number of esters is 1. The number of amides is 1. The van der Waals surface area contributed by atoms with E-state index in [0.29, 0.717) is 5.75 Å². The molecular weight excluding hydrogens is 562 g/mol. The number of benzene rings is 3. The standard InChI is InChI=1S/C31H28ClN3O7/c1-40-23-11-6-19(7-12-23)16-21-4-3-5-25-29(21)33-34(30(25)20-8-13-24(41-2)14-9-20)28(36)18-42-31(37)26-17-22(35(38)39)10-15-27(26)32/h6-17,25,30H,3-5,18H2,1-2H3/b21-16-/t25-,30+/m1/s1. The first-order valence-electron chi connectivity index (χ1n) is 13.3. The lowest BCUT2D eigenvalue weighted by Crippen LogP contribution is -2.34. The van der Waals surface area contributed by atoms with E-state index in [4.69, 9.17) is 30.9 Å². The van der Waals surface area contributed by atoms with Gasteiger partial charge in [-0.05, 0) is 72.4 Å². The number of allylic oxidation sites excluding steroid dienone is 1. The molecule has 11 heteroatoms. The molecule has 2 aliphatic rings. The number of methoxy groups -OCH3 is 2. The topological polar surface area (TPSA) is 121 Å². The molecule has 42 heavy (non-hydrogen) atoms. The molecule has 5 rings (SSSR count). The second-order valence-electron chi connectivity index (χ2n) is 9.88. The van der Waals surface area contributed by atoms with E-state index < -0.39 is 29.4 Å². The van der Waals surface area contributed by atoms with Gasteiger partial charge in [-0.2, -0.15) is 5.10 Å². The Morgan fingerprint density at radius 3 is 2.36 bits per heavy atom. The Balaban J connectivity index is 1.43. The minimum absolute atomic E-state index is 0.0186. The lowest BCUT2D eigenvalue weighted by atomic mass is 9.77. The number of hydrogen-bond acceptors (Lipinski definition) is 8. The van der Waals surface area contributed by atoms with E-state index in [9.17, 15) is 19.7 Å². The Hall–Kier alpha value is -4.70. The first kappa shape index (κ1) is 28.8. The van der Waals surface area contributed by atoms with Crippen LogP contribution >= 0.6 is 11.6 Å². The first-order chi connectivity index (χ1) is 20.3. The lowest BCUT2D eigenvalue weighted by Gasteiger charge is -2.29. The number of carbonyl (C=O) groups excluding carboxylic acids is 2. The Bertz CT molecular complexity index is 1570. The van der Waals surface area contributed by atoms with Gasteiger partial charge in [-0.1, -0.05) is 35.9 Å². The fourth-order valence-electron chi connectivity index (χ4n) is 5.30. The number of nitro groups is 1. The molecule has 3 aromatic rings. The van der Waals surface area contributed by atoms with Gasteiger partial charge in [0.25, 0.3) is 11.6 Å². The van der Waals surface area contributed by atoms with Crippen molar-refractivity contribution < 1.29 is 28.7 Å². The van der Waals surface area contributed by atoms with Crippen LogP contribution in [0, 0.1) is 16.0 Å². The maximum atomic E-state index is 13.6. The largest absolute Gasteiger partial charge is 0.497 e. The van der Waals surface area contributed by atoms with Crippen molar-refractivity contribution in [1.29, 1.82) is 0 Å². The van der Waals surface area contributed by atoms with Crippen molar-refractivity contribution in [1.82, 2.24) is 5.01 Å². The summed E-state index contributed by atoms with van der Waals surface area (Å²) in [6, 6.07) is 18.2. The molecule has 0 spiro atoms. The zero-order chi connectivity index (χ0) is 29.8. The molecular formula is C31H28ClN3O7. The van der Waals surface area contributed by atoms with E-state index >= 15 is 0 Å². The van der Waals surface area contributed by atoms with Crippen LogP contribution in [0.1, 0.15) is 46.8 Å². The highest BCUT2D eigenvalue weighted by Gasteiger charge is 2.44. The van der Waals surface area contributed by atoms with Crippen LogP contribution < -0.4 is 9.47 Å². The van der Waals surface area contributed by atoms with Gasteiger partial charge < -0.3 is 14.2 Å². The number of carbonyl (C=O) groups is 2. The molecule has 1 aliphatic heterocycles. The highest BCUT2D eigenvalue weighted by Crippen LogP contribution is 2.44. The van der Waals surface area contributed by atoms with Gasteiger partial charge in [0.2, 0.25) is 0 Å². The summed E-state index contributed by atoms with van der Waals surface area (Å²) in [5.74, 6) is -0.0993. The molecule has 0 saturated heterocycles. The van der Waals surface area contributed by atoms with Gasteiger partial charge in [-0.25, -0.2) is 9.80 Å². The van der Waals surface area contributed by atoms with Crippen LogP contribution in [0.25, 0.3) is 6.08 Å². The fourth-order valence-corrected chi connectivity index (χ4v) is 5.49. The molecule has 1 heterocycles. The summed E-state index contributed by atoms with van der Waals surface area (Å²) in [5.41, 5.74) is 3.19. The number of hydrogen-bond donors (Lipinski definition) is 0. The van der Waals surface area contributed by atoms with E-state index in [-0.39, 0.29) is 22.2 Å². The Morgan fingerprint density at radius 2 is 1.71 bits per heavy atom. The smallest absolute Gasteiger partial charge is 0.340 e. The molecule has 10 nitrogen and oxygen atoms in total. The minimum atomic E-state index is -0.942. The Labute approximate surface area is 247 Å². The zero-order valence-corrected chi connectivity index (χ0v) is 23.7. The maximum Gasteiger partial charge on any atom is 0.340 e. The first-order valence-corrected chi connectivity index (χ1v) is 13.7. The molecule has 0 aromatic heterocycles. The zero-order valence-electron chi connectivity index (χ0n) is 23.0. The van der Waals surface area contributed by atoms with E-state index in [0.717, 1.165) is 53.5 Å². The number of ether oxygens (including phenoxy) is 3. The van der Waals surface area contributed by atoms with Crippen LogP contribution in [0.3, 0.4) is 0 Å². The van der Waals surface area contributed by atoms with Crippen LogP contribution in [0.4, 0.5) is 5.69 Å². The number of nitrogens with zero attached hydrogens (tertiary/aromatic N) is 3. The normalized spacial score (nSPS) is 18.7. The molecule has 1 aliphatic carbocycles. The SMILES string of the molecule is COc1ccc(/C=C2/CCC[C@@H]3C2=NN(C(=O)COC(=O)c2cc([N+](=O)[O-])ccc2Cl)[C@H]3c2ccc(OC)cc2)cc1. The van der Waals surface area contributed by atoms with Gasteiger partial charge in [-0.15, -0.1) is 0 Å². The predicted molar refractivity (Wildman–Crippen MR) is 157 cm³/mol. The molecule has 3 aromatic carbocycles. The second kappa shape index (κ2) is 12.4. The average Bonchev–Trinajstić information content (AvgIpc) is 3.41. The Morgan fingerprint density at radius 1 is 1.05 bits per heavy atom. The maximum absolute atomic E-state index is 13.6. The number of fused-ring (bicyclic) bond motifs is 1. The number of halogens is 1. The number of rotatable bonds is 8. The van der Waals surface area contributed by atoms with Crippen molar-refractivity contribution in [3.05, 3.63) is 104 Å². The molecule has 0 unspecified atom stereocenters. The van der Waals surface area contributed by atoms with Gasteiger partial charge in [0.05, 0.1) is 41.5 Å². The molecule has 1 saturated carbocycles. The van der Waals surface area contributed by atoms with Gasteiger partial charge >= 0.3 is 5.97 Å². The quantitative estimate of drug-likeness (QED) is 0.173. The van der Waals surface area contributed by atoms with Gasteiger partial charge in [0.1, 0.15) is 11.5 Å². The number of nitro benzene ring substituents is 1. The van der Waals surface area contributed by atoms with E-state index in [1.807, 2.05) is 48.5 Å². The average molecular weight is 590 g/mol. The van der Waals surface area contributed by atoms with Gasteiger partial charge in [0.15, 0.2) is 6.61 Å². The predicted octanol–water partition coefficient (Wildman–Crippen LogP) is 6.25. The van der Waals surface area contributed by atoms with E-state index in [1.165, 1.54) is 17.1 Å². The van der Waals surface area contributed by atoms with E-state index in [2.05, 4.69) is 6.08 Å². The van der Waals surface area contributed by atoms with Crippen LogP contribution in [-0.2, 0) is 9.53 Å². The molecule has 2 atom stereocenters. The van der Waals surface area contributed by atoms with Crippen molar-refractivity contribution in [2.75, 3.05) is 20.8 Å². The van der Waals surface area contributed by atoms with Crippen molar-refractivity contribution in [2.45, 2.75) is 25.3 Å². The summed E-state index contributed by atoms with van der Waals surface area (Å²) >= 11 is 6.08. The second-order valence-corrected chi connectivity index (χ2v) is 10.3. The summed E-state index contributed by atoms with van der Waals surface area (Å²) < 4.78 is 15.9. The molecule has 0 radical (unpaired) electrons. The van der Waals surface area contributed by atoms with Gasteiger partial charge in [0, 0.05) is 18.1 Å². The summed E-state index contributed by atoms with van der Waals surface area (Å²) in [4.78, 5) is 36.8. The molecule has 0 bridgehead atoms. The Kier molecular flexibility index (Phi) is 8.53. The summed E-state index contributed by atoms with van der Waals surface area (Å²) in [6.07, 6.45) is 4.62. The minimum Gasteiger partial charge on any atom is -0.497 e. The van der Waals surface area contributed by atoms with Crippen LogP contribution in [0.5, 0.6) is 11.5 Å².